The van der Waals surface area contributed by atoms with Crippen molar-refractivity contribution in [3.05, 3.63) is 0 Å². The van der Waals surface area contributed by atoms with E-state index in [0.717, 1.165) is 25.9 Å². The number of carbonyl (C=O) groups is 2. The van der Waals surface area contributed by atoms with Gasteiger partial charge in [-0.25, -0.2) is 0 Å². The number of hydrogen-bond donors (Lipinski definition) is 0. The van der Waals surface area contributed by atoms with E-state index in [1.54, 1.807) is 0 Å². The standard InChI is InChI=1S/C18H32N2O2S/c1-12-7-9-19(14(12)3)16(21)11-23-18(5,6)17(22)20-10-8-13(2)15(20)4/h12-15H,7-11H2,1-6H3/t12-,13+,14+,15-/m1/s1. The summed E-state index contributed by atoms with van der Waals surface area (Å²) in [5.41, 5.74) is 0. The summed E-state index contributed by atoms with van der Waals surface area (Å²) in [4.78, 5) is 29.3. The van der Waals surface area contributed by atoms with Gasteiger partial charge in [0.1, 0.15) is 0 Å². The molecule has 4 nitrogen and oxygen atoms in total. The van der Waals surface area contributed by atoms with Crippen LogP contribution in [0, 0.1) is 11.8 Å². The molecule has 0 N–H and O–H groups in total. The molecule has 2 heterocycles. The van der Waals surface area contributed by atoms with Crippen molar-refractivity contribution in [3.8, 4) is 0 Å². The summed E-state index contributed by atoms with van der Waals surface area (Å²) >= 11 is 1.49. The fourth-order valence-corrected chi connectivity index (χ4v) is 4.45. The molecule has 0 spiro atoms. The zero-order valence-corrected chi connectivity index (χ0v) is 16.3. The third-order valence-corrected chi connectivity index (χ3v) is 7.22. The molecule has 2 amide bonds. The number of carbonyl (C=O) groups excluding carboxylic acids is 2. The average Bonchev–Trinajstić information content (AvgIpc) is 3.00. The van der Waals surface area contributed by atoms with Crippen molar-refractivity contribution in [2.45, 2.75) is 71.2 Å². The van der Waals surface area contributed by atoms with Gasteiger partial charge in [0.05, 0.1) is 10.5 Å². The van der Waals surface area contributed by atoms with Crippen LogP contribution in [0.5, 0.6) is 0 Å². The first-order chi connectivity index (χ1) is 10.6. The Morgan fingerprint density at radius 1 is 0.957 bits per heavy atom. The van der Waals surface area contributed by atoms with E-state index in [4.69, 9.17) is 0 Å². The molecule has 0 aromatic rings. The largest absolute Gasteiger partial charge is 0.339 e. The molecular weight excluding hydrogens is 308 g/mol. The molecule has 2 aliphatic heterocycles. The number of rotatable bonds is 4. The first-order valence-electron chi connectivity index (χ1n) is 8.89. The highest BCUT2D eigenvalue weighted by Gasteiger charge is 2.40. The first-order valence-corrected chi connectivity index (χ1v) is 9.88. The quantitative estimate of drug-likeness (QED) is 0.790. The van der Waals surface area contributed by atoms with Crippen molar-refractivity contribution >= 4 is 23.6 Å². The molecule has 5 heteroatoms. The van der Waals surface area contributed by atoms with Crippen LogP contribution in [0.2, 0.25) is 0 Å². The Morgan fingerprint density at radius 3 is 1.87 bits per heavy atom. The van der Waals surface area contributed by atoms with Gasteiger partial charge in [-0.3, -0.25) is 9.59 Å². The Bertz CT molecular complexity index is 466. The van der Waals surface area contributed by atoms with Gasteiger partial charge in [0.25, 0.3) is 0 Å². The Hall–Kier alpha value is -0.710. The third-order valence-electron chi connectivity index (χ3n) is 5.93. The third kappa shape index (κ3) is 3.86. The van der Waals surface area contributed by atoms with Gasteiger partial charge in [0.2, 0.25) is 11.8 Å². The molecule has 132 valence electrons. The molecule has 2 aliphatic rings. The lowest BCUT2D eigenvalue weighted by Crippen LogP contribution is -2.46. The molecular formula is C18H32N2O2S. The van der Waals surface area contributed by atoms with Crippen LogP contribution in [-0.4, -0.2) is 57.3 Å². The fraction of sp³-hybridized carbons (Fsp3) is 0.889. The molecule has 0 aliphatic carbocycles. The maximum Gasteiger partial charge on any atom is 0.238 e. The molecule has 4 atom stereocenters. The number of thioether (sulfide) groups is 1. The summed E-state index contributed by atoms with van der Waals surface area (Å²) < 4.78 is -0.539. The number of nitrogens with zero attached hydrogens (tertiary/aromatic N) is 2. The van der Waals surface area contributed by atoms with E-state index in [-0.39, 0.29) is 11.8 Å². The summed E-state index contributed by atoms with van der Waals surface area (Å²) in [7, 11) is 0. The molecule has 0 bridgehead atoms. The zero-order valence-electron chi connectivity index (χ0n) is 15.5. The highest BCUT2D eigenvalue weighted by atomic mass is 32.2. The predicted octanol–water partition coefficient (Wildman–Crippen LogP) is 3.01. The minimum absolute atomic E-state index is 0.176. The summed E-state index contributed by atoms with van der Waals surface area (Å²) in [5, 5.41) is 0. The minimum atomic E-state index is -0.539. The molecule has 0 aromatic carbocycles. The van der Waals surface area contributed by atoms with Crippen LogP contribution >= 0.6 is 11.8 Å². The second-order valence-corrected chi connectivity index (χ2v) is 9.50. The zero-order chi connectivity index (χ0) is 17.4. The summed E-state index contributed by atoms with van der Waals surface area (Å²) in [6.07, 6.45) is 2.17. The normalized spacial score (nSPS) is 31.7. The fourth-order valence-electron chi connectivity index (χ4n) is 3.56. The SMILES string of the molecule is C[C@@H]1CCN(C(=O)CSC(C)(C)C(=O)N2CC[C@H](C)[C@H]2C)[C@H]1C. The average molecular weight is 341 g/mol. The molecule has 2 rings (SSSR count). The van der Waals surface area contributed by atoms with Gasteiger partial charge in [0.15, 0.2) is 0 Å². The summed E-state index contributed by atoms with van der Waals surface area (Å²) in [6.45, 7) is 14.3. The van der Waals surface area contributed by atoms with Gasteiger partial charge in [-0.1, -0.05) is 13.8 Å². The second-order valence-electron chi connectivity index (χ2n) is 7.90. The second kappa shape index (κ2) is 7.04. The minimum Gasteiger partial charge on any atom is -0.339 e. The van der Waals surface area contributed by atoms with Crippen LogP contribution in [0.1, 0.15) is 54.4 Å². The highest BCUT2D eigenvalue weighted by Crippen LogP contribution is 2.33. The predicted molar refractivity (Wildman–Crippen MR) is 96.4 cm³/mol. The van der Waals surface area contributed by atoms with Gasteiger partial charge >= 0.3 is 0 Å². The van der Waals surface area contributed by atoms with Crippen LogP contribution in [-0.2, 0) is 9.59 Å². The Labute approximate surface area is 145 Å². The van der Waals surface area contributed by atoms with E-state index in [1.807, 2.05) is 23.6 Å². The lowest BCUT2D eigenvalue weighted by molar-refractivity contribution is -0.133. The molecule has 0 radical (unpaired) electrons. The highest BCUT2D eigenvalue weighted by molar-refractivity contribution is 8.02. The topological polar surface area (TPSA) is 40.6 Å². The summed E-state index contributed by atoms with van der Waals surface area (Å²) in [5.74, 6) is 1.89. The van der Waals surface area contributed by atoms with Crippen molar-refractivity contribution in [3.63, 3.8) is 0 Å². The molecule has 0 aromatic heterocycles. The molecule has 2 fully saturated rings. The number of likely N-dealkylation sites (tertiary alicyclic amines) is 2. The maximum absolute atomic E-state index is 12.9. The molecule has 0 unspecified atom stereocenters. The van der Waals surface area contributed by atoms with Gasteiger partial charge in [-0.15, -0.1) is 11.8 Å². The van der Waals surface area contributed by atoms with Crippen molar-refractivity contribution in [1.29, 1.82) is 0 Å². The Kier molecular flexibility index (Phi) is 5.70. The Morgan fingerprint density at radius 2 is 1.43 bits per heavy atom. The monoisotopic (exact) mass is 340 g/mol. The van der Waals surface area contributed by atoms with Crippen LogP contribution in [0.3, 0.4) is 0 Å². The van der Waals surface area contributed by atoms with E-state index in [0.29, 0.717) is 29.7 Å². The van der Waals surface area contributed by atoms with Crippen LogP contribution in [0.25, 0.3) is 0 Å². The Balaban J connectivity index is 1.91. The van der Waals surface area contributed by atoms with Gasteiger partial charge in [-0.05, 0) is 52.4 Å². The number of amides is 2. The van der Waals surface area contributed by atoms with Gasteiger partial charge in [-0.2, -0.15) is 0 Å². The number of hydrogen-bond acceptors (Lipinski definition) is 3. The van der Waals surface area contributed by atoms with Crippen molar-refractivity contribution < 1.29 is 9.59 Å². The van der Waals surface area contributed by atoms with Crippen molar-refractivity contribution in [2.75, 3.05) is 18.8 Å². The van der Waals surface area contributed by atoms with E-state index >= 15 is 0 Å². The smallest absolute Gasteiger partial charge is 0.238 e. The van der Waals surface area contributed by atoms with Gasteiger partial charge < -0.3 is 9.80 Å². The van der Waals surface area contributed by atoms with Crippen LogP contribution in [0.15, 0.2) is 0 Å². The molecule has 0 saturated carbocycles. The molecule has 23 heavy (non-hydrogen) atoms. The van der Waals surface area contributed by atoms with Crippen molar-refractivity contribution in [2.24, 2.45) is 11.8 Å². The van der Waals surface area contributed by atoms with Gasteiger partial charge in [0, 0.05) is 25.2 Å². The van der Waals surface area contributed by atoms with E-state index < -0.39 is 4.75 Å². The van der Waals surface area contributed by atoms with E-state index in [2.05, 4.69) is 27.7 Å². The molecule has 2 saturated heterocycles. The van der Waals surface area contributed by atoms with Crippen LogP contribution < -0.4 is 0 Å². The summed E-state index contributed by atoms with van der Waals surface area (Å²) in [6, 6.07) is 0.624. The first kappa shape index (κ1) is 18.6. The lowest BCUT2D eigenvalue weighted by atomic mass is 10.0. The van der Waals surface area contributed by atoms with Crippen molar-refractivity contribution in [1.82, 2.24) is 9.80 Å². The lowest BCUT2D eigenvalue weighted by Gasteiger charge is -2.33. The maximum atomic E-state index is 12.9. The van der Waals surface area contributed by atoms with E-state index in [9.17, 15) is 9.59 Å². The van der Waals surface area contributed by atoms with Crippen LogP contribution in [0.4, 0.5) is 0 Å². The van der Waals surface area contributed by atoms with E-state index in [1.165, 1.54) is 11.8 Å².